The van der Waals surface area contributed by atoms with Gasteiger partial charge in [-0.3, -0.25) is 9.59 Å². The lowest BCUT2D eigenvalue weighted by atomic mass is 9.98. The zero-order valence-corrected chi connectivity index (χ0v) is 22.9. The Labute approximate surface area is 226 Å². The van der Waals surface area contributed by atoms with E-state index in [4.69, 9.17) is 9.15 Å². The molecule has 2 heterocycles. The molecule has 39 heavy (non-hydrogen) atoms. The Hall–Kier alpha value is -3.77. The number of carbonyl (C=O) groups excluding carboxylic acids is 3. The van der Waals surface area contributed by atoms with Crippen molar-refractivity contribution in [2.24, 2.45) is 0 Å². The first-order valence-corrected chi connectivity index (χ1v) is 14.4. The summed E-state index contributed by atoms with van der Waals surface area (Å²) in [7, 11) is -3.86. The number of rotatable bonds is 9. The van der Waals surface area contributed by atoms with E-state index in [1.807, 2.05) is 0 Å². The van der Waals surface area contributed by atoms with Crippen LogP contribution in [0, 0.1) is 6.92 Å². The van der Waals surface area contributed by atoms with E-state index < -0.39 is 44.9 Å². The summed E-state index contributed by atoms with van der Waals surface area (Å²) >= 11 is 0. The number of para-hydroxylation sites is 2. The molecule has 1 aliphatic rings. The fraction of sp³-hybridized carbons (Fsp3) is 0.407. The van der Waals surface area contributed by atoms with Gasteiger partial charge in [0.2, 0.25) is 11.7 Å². The molecule has 0 spiro atoms. The van der Waals surface area contributed by atoms with E-state index in [1.54, 1.807) is 55.5 Å². The first-order valence-electron chi connectivity index (χ1n) is 12.6. The standard InChI is InChI=1S/C27H32N4O7S/c1-18-8-4-5-9-19(18)16-39(35,36)17-21(29-26(34)31-12-14-37-15-13-31)24(33)30-27(2,3)23(32)25-28-20-10-6-7-11-22(20)38-25/h4-11,21H,12-17H2,1-3H3,(H,29,34)(H,30,33). The summed E-state index contributed by atoms with van der Waals surface area (Å²) < 4.78 is 37.2. The molecule has 2 aromatic carbocycles. The molecular formula is C27H32N4O7S. The Balaban J connectivity index is 1.54. The highest BCUT2D eigenvalue weighted by atomic mass is 32.2. The minimum absolute atomic E-state index is 0.192. The topological polar surface area (TPSA) is 148 Å². The fourth-order valence-electron chi connectivity index (χ4n) is 4.20. The van der Waals surface area contributed by atoms with E-state index in [1.165, 1.54) is 18.7 Å². The molecule has 0 aliphatic carbocycles. The van der Waals surface area contributed by atoms with Gasteiger partial charge in [0.15, 0.2) is 15.4 Å². The van der Waals surface area contributed by atoms with Crippen molar-refractivity contribution in [3.8, 4) is 0 Å². The average Bonchev–Trinajstić information content (AvgIpc) is 3.33. The molecule has 1 saturated heterocycles. The van der Waals surface area contributed by atoms with Crippen molar-refractivity contribution in [2.45, 2.75) is 38.1 Å². The Bertz CT molecular complexity index is 1440. The maximum atomic E-state index is 13.4. The van der Waals surface area contributed by atoms with Crippen molar-refractivity contribution in [3.63, 3.8) is 0 Å². The van der Waals surface area contributed by atoms with Gasteiger partial charge >= 0.3 is 6.03 Å². The number of urea groups is 1. The predicted octanol–water partition coefficient (Wildman–Crippen LogP) is 2.24. The van der Waals surface area contributed by atoms with Gasteiger partial charge in [0.05, 0.1) is 24.7 Å². The average molecular weight is 557 g/mol. The molecule has 208 valence electrons. The summed E-state index contributed by atoms with van der Waals surface area (Å²) in [6, 6.07) is 11.9. The molecule has 1 aromatic heterocycles. The normalized spacial score (nSPS) is 15.1. The van der Waals surface area contributed by atoms with Crippen molar-refractivity contribution >= 4 is 38.7 Å². The lowest BCUT2D eigenvalue weighted by Crippen LogP contribution is -2.60. The summed E-state index contributed by atoms with van der Waals surface area (Å²) in [5.41, 5.74) is 0.786. The number of sulfone groups is 1. The molecule has 1 unspecified atom stereocenters. The Morgan fingerprint density at radius 1 is 1.05 bits per heavy atom. The van der Waals surface area contributed by atoms with Gasteiger partial charge in [-0.05, 0) is 44.0 Å². The number of hydrogen-bond acceptors (Lipinski definition) is 8. The second-order valence-electron chi connectivity index (χ2n) is 10.0. The fourth-order valence-corrected chi connectivity index (χ4v) is 5.86. The molecule has 0 radical (unpaired) electrons. The molecule has 3 amide bonds. The number of fused-ring (bicyclic) bond motifs is 1. The number of nitrogens with one attached hydrogen (secondary N) is 2. The van der Waals surface area contributed by atoms with Crippen molar-refractivity contribution in [2.75, 3.05) is 32.1 Å². The minimum atomic E-state index is -3.86. The number of aromatic nitrogens is 1. The summed E-state index contributed by atoms with van der Waals surface area (Å²) in [5, 5.41) is 5.15. The maximum absolute atomic E-state index is 13.4. The predicted molar refractivity (Wildman–Crippen MR) is 144 cm³/mol. The van der Waals surface area contributed by atoms with E-state index in [9.17, 15) is 22.8 Å². The number of Topliss-reactive ketones (excluding diaryl/α,β-unsaturated/α-hetero) is 1. The number of aryl methyl sites for hydroxylation is 1. The van der Waals surface area contributed by atoms with Crippen LogP contribution in [0.5, 0.6) is 0 Å². The smallest absolute Gasteiger partial charge is 0.318 e. The molecule has 1 fully saturated rings. The summed E-state index contributed by atoms with van der Waals surface area (Å²) in [6.07, 6.45) is 0. The summed E-state index contributed by atoms with van der Waals surface area (Å²) in [4.78, 5) is 45.3. The van der Waals surface area contributed by atoms with Crippen LogP contribution in [0.1, 0.15) is 35.7 Å². The van der Waals surface area contributed by atoms with Gasteiger partial charge in [0.1, 0.15) is 17.1 Å². The molecule has 2 N–H and O–H groups in total. The maximum Gasteiger partial charge on any atom is 0.318 e. The quantitative estimate of drug-likeness (QED) is 0.381. The highest BCUT2D eigenvalue weighted by molar-refractivity contribution is 7.90. The number of oxazole rings is 1. The van der Waals surface area contributed by atoms with Crippen LogP contribution in [0.25, 0.3) is 11.1 Å². The molecule has 0 bridgehead atoms. The largest absolute Gasteiger partial charge is 0.434 e. The monoisotopic (exact) mass is 556 g/mol. The minimum Gasteiger partial charge on any atom is -0.434 e. The van der Waals surface area contributed by atoms with Crippen LogP contribution in [0.4, 0.5) is 4.79 Å². The molecular weight excluding hydrogens is 524 g/mol. The molecule has 11 nitrogen and oxygen atoms in total. The number of carbonyl (C=O) groups is 3. The van der Waals surface area contributed by atoms with Gasteiger partial charge in [0.25, 0.3) is 5.89 Å². The van der Waals surface area contributed by atoms with Crippen LogP contribution in [0.2, 0.25) is 0 Å². The van der Waals surface area contributed by atoms with Crippen molar-refractivity contribution in [1.82, 2.24) is 20.5 Å². The van der Waals surface area contributed by atoms with E-state index >= 15 is 0 Å². The van der Waals surface area contributed by atoms with Gasteiger partial charge in [-0.15, -0.1) is 0 Å². The third kappa shape index (κ3) is 7.01. The molecule has 4 rings (SSSR count). The van der Waals surface area contributed by atoms with Crippen LogP contribution in [-0.4, -0.2) is 79.7 Å². The van der Waals surface area contributed by atoms with Gasteiger partial charge in [0, 0.05) is 13.1 Å². The second kappa shape index (κ2) is 11.5. The highest BCUT2D eigenvalue weighted by Gasteiger charge is 2.38. The third-order valence-corrected chi connectivity index (χ3v) is 8.05. The molecule has 1 atom stereocenters. The summed E-state index contributed by atoms with van der Waals surface area (Å²) in [6.45, 7) is 6.00. The molecule has 0 saturated carbocycles. The van der Waals surface area contributed by atoms with Gasteiger partial charge < -0.3 is 24.7 Å². The van der Waals surface area contributed by atoms with Gasteiger partial charge in [-0.2, -0.15) is 0 Å². The second-order valence-corrected chi connectivity index (χ2v) is 12.1. The molecule has 1 aliphatic heterocycles. The number of amides is 3. The van der Waals surface area contributed by atoms with E-state index in [2.05, 4.69) is 15.6 Å². The SMILES string of the molecule is Cc1ccccc1CS(=O)(=O)CC(NC(=O)N1CCOCC1)C(=O)NC(C)(C)C(=O)c1nc2ccccc2o1. The molecule has 12 heteroatoms. The van der Waals surface area contributed by atoms with Crippen molar-refractivity contribution in [1.29, 1.82) is 0 Å². The van der Waals surface area contributed by atoms with E-state index in [0.717, 1.165) is 5.56 Å². The van der Waals surface area contributed by atoms with Gasteiger partial charge in [-0.1, -0.05) is 36.4 Å². The van der Waals surface area contributed by atoms with Crippen LogP contribution in [0.15, 0.2) is 52.9 Å². The number of benzene rings is 2. The van der Waals surface area contributed by atoms with Crippen LogP contribution in [0.3, 0.4) is 0 Å². The molecule has 3 aromatic rings. The van der Waals surface area contributed by atoms with Crippen molar-refractivity contribution in [3.05, 3.63) is 65.5 Å². The lowest BCUT2D eigenvalue weighted by Gasteiger charge is -2.30. The number of ether oxygens (including phenoxy) is 1. The summed E-state index contributed by atoms with van der Waals surface area (Å²) in [5.74, 6) is -2.58. The highest BCUT2D eigenvalue weighted by Crippen LogP contribution is 2.20. The van der Waals surface area contributed by atoms with E-state index in [0.29, 0.717) is 43.0 Å². The lowest BCUT2D eigenvalue weighted by molar-refractivity contribution is -0.123. The Kier molecular flexibility index (Phi) is 8.36. The zero-order chi connectivity index (χ0) is 28.2. The van der Waals surface area contributed by atoms with Crippen LogP contribution >= 0.6 is 0 Å². The van der Waals surface area contributed by atoms with Crippen LogP contribution in [-0.2, 0) is 25.1 Å². The third-order valence-electron chi connectivity index (χ3n) is 6.46. The van der Waals surface area contributed by atoms with Crippen LogP contribution < -0.4 is 10.6 Å². The van der Waals surface area contributed by atoms with Crippen molar-refractivity contribution < 1.29 is 32.0 Å². The number of nitrogens with zero attached hydrogens (tertiary/aromatic N) is 2. The Morgan fingerprint density at radius 2 is 1.72 bits per heavy atom. The first kappa shape index (κ1) is 28.2. The number of morpholine rings is 1. The van der Waals surface area contributed by atoms with E-state index in [-0.39, 0.29) is 11.6 Å². The Morgan fingerprint density at radius 3 is 2.41 bits per heavy atom. The van der Waals surface area contributed by atoms with Gasteiger partial charge in [-0.25, -0.2) is 18.2 Å². The number of hydrogen-bond donors (Lipinski definition) is 2. The first-order chi connectivity index (χ1) is 18.4. The number of ketones is 1. The zero-order valence-electron chi connectivity index (χ0n) is 22.1.